The Labute approximate surface area is 160 Å². The molecular formula is C20H25NO5S. The van der Waals surface area contributed by atoms with Gasteiger partial charge in [0.15, 0.2) is 0 Å². The molecule has 7 heteroatoms. The highest BCUT2D eigenvalue weighted by Crippen LogP contribution is 2.23. The number of nitrogens with one attached hydrogen (secondary N) is 1. The Hall–Kier alpha value is -2.38. The smallest absolute Gasteiger partial charge is 0.306 e. The van der Waals surface area contributed by atoms with E-state index in [0.717, 1.165) is 17.4 Å². The SMILES string of the molecule is CCOC(=O)CC(CNCc1ccccc1)c1ccc(OS(C)(=O)=O)cc1. The Balaban J connectivity index is 2.05. The van der Waals surface area contributed by atoms with Crippen LogP contribution in [0.5, 0.6) is 5.75 Å². The van der Waals surface area contributed by atoms with Crippen LogP contribution >= 0.6 is 0 Å². The number of esters is 1. The molecular weight excluding hydrogens is 366 g/mol. The molecule has 0 fully saturated rings. The molecule has 0 amide bonds. The minimum absolute atomic E-state index is 0.0972. The van der Waals surface area contributed by atoms with Crippen molar-refractivity contribution in [1.82, 2.24) is 5.32 Å². The third-order valence-corrected chi connectivity index (χ3v) is 4.38. The molecule has 0 aliphatic rings. The summed E-state index contributed by atoms with van der Waals surface area (Å²) in [7, 11) is -3.57. The van der Waals surface area contributed by atoms with E-state index in [9.17, 15) is 13.2 Å². The molecule has 6 nitrogen and oxygen atoms in total. The van der Waals surface area contributed by atoms with E-state index in [1.165, 1.54) is 0 Å². The van der Waals surface area contributed by atoms with E-state index in [2.05, 4.69) is 5.32 Å². The molecule has 27 heavy (non-hydrogen) atoms. The van der Waals surface area contributed by atoms with Crippen LogP contribution in [0.3, 0.4) is 0 Å². The van der Waals surface area contributed by atoms with E-state index in [0.29, 0.717) is 19.7 Å². The Bertz CT molecular complexity index is 819. The summed E-state index contributed by atoms with van der Waals surface area (Å²) in [5, 5.41) is 3.37. The fraction of sp³-hybridized carbons (Fsp3) is 0.350. The molecule has 2 aromatic carbocycles. The molecule has 0 aromatic heterocycles. The highest BCUT2D eigenvalue weighted by atomic mass is 32.2. The summed E-state index contributed by atoms with van der Waals surface area (Å²) in [6.45, 7) is 3.39. The Morgan fingerprint density at radius 3 is 2.33 bits per heavy atom. The highest BCUT2D eigenvalue weighted by molar-refractivity contribution is 7.86. The van der Waals surface area contributed by atoms with E-state index in [4.69, 9.17) is 8.92 Å². The molecule has 0 bridgehead atoms. The zero-order valence-corrected chi connectivity index (χ0v) is 16.4. The first-order valence-electron chi connectivity index (χ1n) is 8.77. The van der Waals surface area contributed by atoms with Crippen molar-refractivity contribution in [2.75, 3.05) is 19.4 Å². The lowest BCUT2D eigenvalue weighted by Crippen LogP contribution is -2.24. The van der Waals surface area contributed by atoms with Crippen LogP contribution in [0.2, 0.25) is 0 Å². The first kappa shape index (κ1) is 20.9. The third kappa shape index (κ3) is 7.80. The van der Waals surface area contributed by atoms with Crippen LogP contribution in [0, 0.1) is 0 Å². The lowest BCUT2D eigenvalue weighted by Gasteiger charge is -2.18. The van der Waals surface area contributed by atoms with Crippen molar-refractivity contribution in [2.24, 2.45) is 0 Å². The van der Waals surface area contributed by atoms with Crippen molar-refractivity contribution in [1.29, 1.82) is 0 Å². The summed E-state index contributed by atoms with van der Waals surface area (Å²) in [5.74, 6) is -0.117. The minimum atomic E-state index is -3.57. The number of hydrogen-bond donors (Lipinski definition) is 1. The maximum Gasteiger partial charge on any atom is 0.306 e. The third-order valence-electron chi connectivity index (χ3n) is 3.88. The van der Waals surface area contributed by atoms with Crippen molar-refractivity contribution in [2.45, 2.75) is 25.8 Å². The molecule has 0 aliphatic carbocycles. The van der Waals surface area contributed by atoms with E-state index in [-0.39, 0.29) is 24.1 Å². The molecule has 0 heterocycles. The summed E-state index contributed by atoms with van der Waals surface area (Å²) in [5.41, 5.74) is 2.06. The summed E-state index contributed by atoms with van der Waals surface area (Å²) in [6.07, 6.45) is 1.24. The van der Waals surface area contributed by atoms with Gasteiger partial charge < -0.3 is 14.2 Å². The van der Waals surface area contributed by atoms with Gasteiger partial charge in [-0.1, -0.05) is 42.5 Å². The van der Waals surface area contributed by atoms with Crippen LogP contribution in [0.15, 0.2) is 54.6 Å². The number of ether oxygens (including phenoxy) is 1. The second kappa shape index (κ2) is 10.1. The zero-order chi connectivity index (χ0) is 19.7. The molecule has 146 valence electrons. The zero-order valence-electron chi connectivity index (χ0n) is 15.6. The van der Waals surface area contributed by atoms with Crippen LogP contribution < -0.4 is 9.50 Å². The van der Waals surface area contributed by atoms with E-state index < -0.39 is 10.1 Å². The molecule has 1 unspecified atom stereocenters. The summed E-state index contributed by atoms with van der Waals surface area (Å²) >= 11 is 0. The molecule has 2 aromatic rings. The van der Waals surface area contributed by atoms with Gasteiger partial charge in [-0.15, -0.1) is 0 Å². The Morgan fingerprint density at radius 1 is 1.07 bits per heavy atom. The van der Waals surface area contributed by atoms with Gasteiger partial charge in [-0.05, 0) is 30.2 Å². The minimum Gasteiger partial charge on any atom is -0.466 e. The van der Waals surface area contributed by atoms with E-state index in [1.54, 1.807) is 31.2 Å². The predicted molar refractivity (Wildman–Crippen MR) is 104 cm³/mol. The number of benzene rings is 2. The van der Waals surface area contributed by atoms with E-state index >= 15 is 0 Å². The standard InChI is InChI=1S/C20H25NO5S/c1-3-25-20(22)13-18(15-21-14-16-7-5-4-6-8-16)17-9-11-19(12-10-17)26-27(2,23)24/h4-12,18,21H,3,13-15H2,1-2H3. The molecule has 0 saturated heterocycles. The van der Waals surface area contributed by atoms with Crippen molar-refractivity contribution in [3.05, 3.63) is 65.7 Å². The highest BCUT2D eigenvalue weighted by Gasteiger charge is 2.17. The van der Waals surface area contributed by atoms with Crippen LogP contribution in [0.25, 0.3) is 0 Å². The molecule has 1 N–H and O–H groups in total. The summed E-state index contributed by atoms with van der Waals surface area (Å²) in [6, 6.07) is 16.7. The lowest BCUT2D eigenvalue weighted by molar-refractivity contribution is -0.143. The van der Waals surface area contributed by atoms with Crippen molar-refractivity contribution in [3.8, 4) is 5.75 Å². The maximum absolute atomic E-state index is 12.0. The van der Waals surface area contributed by atoms with Gasteiger partial charge >= 0.3 is 16.1 Å². The van der Waals surface area contributed by atoms with Gasteiger partial charge in [-0.25, -0.2) is 0 Å². The second-order valence-electron chi connectivity index (χ2n) is 6.18. The van der Waals surface area contributed by atoms with Crippen LogP contribution in [-0.2, 0) is 26.2 Å². The first-order valence-corrected chi connectivity index (χ1v) is 10.6. The number of carbonyl (C=O) groups is 1. The molecule has 0 radical (unpaired) electrons. The van der Waals surface area contributed by atoms with Crippen LogP contribution in [0.4, 0.5) is 0 Å². The maximum atomic E-state index is 12.0. The molecule has 0 saturated carbocycles. The molecule has 1 atom stereocenters. The van der Waals surface area contributed by atoms with Crippen molar-refractivity contribution in [3.63, 3.8) is 0 Å². The molecule has 0 aliphatic heterocycles. The van der Waals surface area contributed by atoms with Gasteiger partial charge in [-0.2, -0.15) is 8.42 Å². The molecule has 0 spiro atoms. The quantitative estimate of drug-likeness (QED) is 0.495. The van der Waals surface area contributed by atoms with Crippen LogP contribution in [0.1, 0.15) is 30.4 Å². The largest absolute Gasteiger partial charge is 0.466 e. The summed E-state index contributed by atoms with van der Waals surface area (Å²) in [4.78, 5) is 12.0. The topological polar surface area (TPSA) is 81.7 Å². The summed E-state index contributed by atoms with van der Waals surface area (Å²) < 4.78 is 32.4. The van der Waals surface area contributed by atoms with Crippen molar-refractivity contribution >= 4 is 16.1 Å². The van der Waals surface area contributed by atoms with Gasteiger partial charge in [0.2, 0.25) is 0 Å². The average Bonchev–Trinajstić information content (AvgIpc) is 2.61. The van der Waals surface area contributed by atoms with Gasteiger partial charge in [-0.3, -0.25) is 4.79 Å². The average molecular weight is 391 g/mol. The van der Waals surface area contributed by atoms with Gasteiger partial charge in [0, 0.05) is 19.0 Å². The monoisotopic (exact) mass is 391 g/mol. The van der Waals surface area contributed by atoms with Gasteiger partial charge in [0.25, 0.3) is 0 Å². The lowest BCUT2D eigenvalue weighted by atomic mass is 9.95. The van der Waals surface area contributed by atoms with Gasteiger partial charge in [0.05, 0.1) is 19.3 Å². The Morgan fingerprint density at radius 2 is 1.74 bits per heavy atom. The van der Waals surface area contributed by atoms with Crippen molar-refractivity contribution < 1.29 is 22.1 Å². The fourth-order valence-electron chi connectivity index (χ4n) is 2.69. The first-order chi connectivity index (χ1) is 12.9. The fourth-order valence-corrected chi connectivity index (χ4v) is 3.15. The second-order valence-corrected chi connectivity index (χ2v) is 7.75. The number of rotatable bonds is 10. The van der Waals surface area contributed by atoms with Crippen LogP contribution in [-0.4, -0.2) is 33.8 Å². The van der Waals surface area contributed by atoms with E-state index in [1.807, 2.05) is 30.3 Å². The molecule has 2 rings (SSSR count). The normalized spacial score (nSPS) is 12.4. The Kier molecular flexibility index (Phi) is 7.82. The number of carbonyl (C=O) groups excluding carboxylic acids is 1. The number of hydrogen-bond acceptors (Lipinski definition) is 6. The van der Waals surface area contributed by atoms with Gasteiger partial charge in [0.1, 0.15) is 5.75 Å². The predicted octanol–water partition coefficient (Wildman–Crippen LogP) is 2.85.